The first-order valence-electron chi connectivity index (χ1n) is 7.47. The minimum atomic E-state index is -0.279. The van der Waals surface area contributed by atoms with Crippen molar-refractivity contribution in [2.45, 2.75) is 44.7 Å². The van der Waals surface area contributed by atoms with E-state index in [9.17, 15) is 4.79 Å². The predicted molar refractivity (Wildman–Crippen MR) is 85.7 cm³/mol. The quantitative estimate of drug-likeness (QED) is 0.584. The van der Waals surface area contributed by atoms with Crippen molar-refractivity contribution in [2.75, 3.05) is 7.05 Å². The second kappa shape index (κ2) is 7.22. The lowest BCUT2D eigenvalue weighted by molar-refractivity contribution is -0.115. The van der Waals surface area contributed by atoms with Gasteiger partial charge in [-0.1, -0.05) is 12.1 Å². The van der Waals surface area contributed by atoms with Crippen molar-refractivity contribution in [3.05, 3.63) is 29.8 Å². The van der Waals surface area contributed by atoms with E-state index in [2.05, 4.69) is 15.6 Å². The van der Waals surface area contributed by atoms with Gasteiger partial charge in [0.15, 0.2) is 5.84 Å². The molecule has 0 unspecified atom stereocenters. The minimum Gasteiger partial charge on any atom is -0.379 e. The topological polar surface area (TPSA) is 79.5 Å². The Kier molecular flexibility index (Phi) is 5.33. The van der Waals surface area contributed by atoms with Crippen LogP contribution in [0.2, 0.25) is 0 Å². The third kappa shape index (κ3) is 4.56. The molecule has 1 saturated carbocycles. The van der Waals surface area contributed by atoms with Gasteiger partial charge in [-0.25, -0.2) is 4.99 Å². The number of hydrogen-bond donors (Lipinski definition) is 3. The Hall–Kier alpha value is -1.88. The van der Waals surface area contributed by atoms with Gasteiger partial charge in [-0.05, 0) is 57.4 Å². The van der Waals surface area contributed by atoms with Crippen molar-refractivity contribution >= 4 is 17.4 Å². The number of nitrogens with zero attached hydrogens (tertiary/aromatic N) is 1. The summed E-state index contributed by atoms with van der Waals surface area (Å²) >= 11 is 0. The Morgan fingerprint density at radius 1 is 1.33 bits per heavy atom. The molecule has 4 N–H and O–H groups in total. The van der Waals surface area contributed by atoms with E-state index in [4.69, 9.17) is 5.73 Å². The minimum absolute atomic E-state index is 0.0205. The summed E-state index contributed by atoms with van der Waals surface area (Å²) in [6, 6.07) is 8.27. The molecule has 2 rings (SSSR count). The molecule has 0 aromatic heterocycles. The van der Waals surface area contributed by atoms with Crippen LogP contribution in [0.1, 0.15) is 31.2 Å². The lowest BCUT2D eigenvalue weighted by Crippen LogP contribution is -2.47. The first-order valence-corrected chi connectivity index (χ1v) is 7.47. The Bertz CT molecular complexity index is 527. The summed E-state index contributed by atoms with van der Waals surface area (Å²) in [5, 5.41) is 6.25. The van der Waals surface area contributed by atoms with Gasteiger partial charge in [0.05, 0.1) is 5.69 Å². The van der Waals surface area contributed by atoms with E-state index in [0.29, 0.717) is 11.7 Å². The number of benzene rings is 1. The second-order valence-electron chi connectivity index (χ2n) is 5.66. The van der Waals surface area contributed by atoms with Crippen molar-refractivity contribution in [2.24, 2.45) is 10.7 Å². The molecule has 1 aliphatic carbocycles. The lowest BCUT2D eigenvalue weighted by atomic mass is 9.91. The maximum atomic E-state index is 12.1. The molecule has 1 amide bonds. The summed E-state index contributed by atoms with van der Waals surface area (Å²) in [5.74, 6) is -0.259. The van der Waals surface area contributed by atoms with E-state index in [1.54, 1.807) is 0 Å². The molecule has 0 spiro atoms. The van der Waals surface area contributed by atoms with E-state index in [0.717, 1.165) is 31.2 Å². The van der Waals surface area contributed by atoms with Crippen LogP contribution >= 0.6 is 0 Å². The maximum absolute atomic E-state index is 12.1. The summed E-state index contributed by atoms with van der Waals surface area (Å²) in [6.45, 7) is 1.98. The molecule has 114 valence electrons. The summed E-state index contributed by atoms with van der Waals surface area (Å²) < 4.78 is 0. The van der Waals surface area contributed by atoms with Gasteiger partial charge in [0.25, 0.3) is 5.91 Å². The standard InChI is InChI=1S/C16H24N4O/c1-11-5-3-7-13(9-11)19-15(17)16(21)20-14-8-4-6-12(10-14)18-2/h3,5,7,9,12,14,18H,4,6,8,10H2,1-2H3,(H2,17,19)(H,20,21)/t12-,14-/m1/s1. The lowest BCUT2D eigenvalue weighted by Gasteiger charge is -2.29. The summed E-state index contributed by atoms with van der Waals surface area (Å²) in [5.41, 5.74) is 7.61. The SMILES string of the molecule is CN[C@@H]1CCC[C@@H](NC(=O)C(N)=Nc2cccc(C)c2)C1. The third-order valence-corrected chi connectivity index (χ3v) is 3.90. The monoisotopic (exact) mass is 288 g/mol. The van der Waals surface area contributed by atoms with Gasteiger partial charge in [-0.15, -0.1) is 0 Å². The van der Waals surface area contributed by atoms with E-state index >= 15 is 0 Å². The Morgan fingerprint density at radius 3 is 2.81 bits per heavy atom. The van der Waals surface area contributed by atoms with Crippen molar-refractivity contribution in [1.29, 1.82) is 0 Å². The maximum Gasteiger partial charge on any atom is 0.286 e. The fraction of sp³-hybridized carbons (Fsp3) is 0.500. The van der Waals surface area contributed by atoms with Crippen molar-refractivity contribution in [1.82, 2.24) is 10.6 Å². The normalized spacial score (nSPS) is 22.9. The van der Waals surface area contributed by atoms with Crippen LogP contribution in [0.5, 0.6) is 0 Å². The number of carbonyl (C=O) groups excluding carboxylic acids is 1. The van der Waals surface area contributed by atoms with Gasteiger partial charge in [0, 0.05) is 12.1 Å². The zero-order valence-electron chi connectivity index (χ0n) is 12.7. The molecule has 2 atom stereocenters. The number of hydrogen-bond acceptors (Lipinski definition) is 3. The Morgan fingerprint density at radius 2 is 2.10 bits per heavy atom. The average Bonchev–Trinajstić information content (AvgIpc) is 2.47. The molecule has 0 bridgehead atoms. The van der Waals surface area contributed by atoms with Crippen LogP contribution in [-0.2, 0) is 4.79 Å². The molecule has 1 aromatic rings. The molecular weight excluding hydrogens is 264 g/mol. The first-order chi connectivity index (χ1) is 10.1. The second-order valence-corrected chi connectivity index (χ2v) is 5.66. The van der Waals surface area contributed by atoms with Crippen LogP contribution in [-0.4, -0.2) is 30.9 Å². The van der Waals surface area contributed by atoms with E-state index in [1.807, 2.05) is 38.2 Å². The zero-order valence-corrected chi connectivity index (χ0v) is 12.7. The number of aryl methyl sites for hydroxylation is 1. The average molecular weight is 288 g/mol. The fourth-order valence-corrected chi connectivity index (χ4v) is 2.73. The van der Waals surface area contributed by atoms with E-state index in [-0.39, 0.29) is 17.8 Å². The van der Waals surface area contributed by atoms with Crippen LogP contribution < -0.4 is 16.4 Å². The van der Waals surface area contributed by atoms with E-state index < -0.39 is 0 Å². The van der Waals surface area contributed by atoms with Gasteiger partial charge in [-0.2, -0.15) is 0 Å². The summed E-state index contributed by atoms with van der Waals surface area (Å²) in [7, 11) is 1.96. The highest BCUT2D eigenvalue weighted by Gasteiger charge is 2.23. The summed E-state index contributed by atoms with van der Waals surface area (Å²) in [4.78, 5) is 16.3. The van der Waals surface area contributed by atoms with Crippen molar-refractivity contribution in [3.63, 3.8) is 0 Å². The third-order valence-electron chi connectivity index (χ3n) is 3.90. The zero-order chi connectivity index (χ0) is 15.2. The van der Waals surface area contributed by atoms with Crippen LogP contribution in [0, 0.1) is 6.92 Å². The Balaban J connectivity index is 1.96. The number of rotatable bonds is 3. The Labute approximate surface area is 126 Å². The number of amides is 1. The van der Waals surface area contributed by atoms with Crippen molar-refractivity contribution < 1.29 is 4.79 Å². The molecule has 5 nitrogen and oxygen atoms in total. The van der Waals surface area contributed by atoms with Gasteiger partial charge in [0.2, 0.25) is 0 Å². The van der Waals surface area contributed by atoms with Crippen LogP contribution in [0.4, 0.5) is 5.69 Å². The highest BCUT2D eigenvalue weighted by molar-refractivity contribution is 6.37. The smallest absolute Gasteiger partial charge is 0.286 e. The van der Waals surface area contributed by atoms with Crippen molar-refractivity contribution in [3.8, 4) is 0 Å². The number of nitrogens with two attached hydrogens (primary N) is 1. The number of nitrogens with one attached hydrogen (secondary N) is 2. The summed E-state index contributed by atoms with van der Waals surface area (Å²) in [6.07, 6.45) is 4.22. The molecule has 0 aliphatic heterocycles. The highest BCUT2D eigenvalue weighted by atomic mass is 16.2. The van der Waals surface area contributed by atoms with Crippen LogP contribution in [0.25, 0.3) is 0 Å². The predicted octanol–water partition coefficient (Wildman–Crippen LogP) is 1.63. The first kappa shape index (κ1) is 15.5. The molecule has 1 aromatic carbocycles. The molecule has 0 heterocycles. The van der Waals surface area contributed by atoms with Crippen LogP contribution in [0.3, 0.4) is 0 Å². The van der Waals surface area contributed by atoms with Crippen LogP contribution in [0.15, 0.2) is 29.3 Å². The van der Waals surface area contributed by atoms with Gasteiger partial charge < -0.3 is 16.4 Å². The molecular formula is C16H24N4O. The molecule has 21 heavy (non-hydrogen) atoms. The van der Waals surface area contributed by atoms with Gasteiger partial charge in [0.1, 0.15) is 0 Å². The molecule has 0 radical (unpaired) electrons. The number of carbonyl (C=O) groups is 1. The molecule has 0 saturated heterocycles. The number of aliphatic imine (C=N–C) groups is 1. The van der Waals surface area contributed by atoms with Gasteiger partial charge in [-0.3, -0.25) is 4.79 Å². The number of amidine groups is 1. The molecule has 1 aliphatic rings. The highest BCUT2D eigenvalue weighted by Crippen LogP contribution is 2.18. The van der Waals surface area contributed by atoms with E-state index in [1.165, 1.54) is 0 Å². The molecule has 1 fully saturated rings. The van der Waals surface area contributed by atoms with Gasteiger partial charge >= 0.3 is 0 Å². The fourth-order valence-electron chi connectivity index (χ4n) is 2.73. The largest absolute Gasteiger partial charge is 0.379 e. The molecule has 5 heteroatoms.